The molecule has 0 heterocycles. The minimum Gasteiger partial charge on any atom is -0.370 e. The van der Waals surface area contributed by atoms with Gasteiger partial charge in [0.1, 0.15) is 6.61 Å². The van der Waals surface area contributed by atoms with E-state index in [0.29, 0.717) is 5.92 Å². The molecule has 1 aliphatic carbocycles. The number of alkyl halides is 3. The van der Waals surface area contributed by atoms with Crippen LogP contribution < -0.4 is 5.32 Å². The molecule has 1 rings (SSSR count). The van der Waals surface area contributed by atoms with E-state index >= 15 is 0 Å². The maximum absolute atomic E-state index is 11.8. The lowest BCUT2D eigenvalue weighted by Gasteiger charge is -2.17. The van der Waals surface area contributed by atoms with Crippen LogP contribution in [-0.4, -0.2) is 32.0 Å². The van der Waals surface area contributed by atoms with Crippen molar-refractivity contribution in [2.45, 2.75) is 32.0 Å². The van der Waals surface area contributed by atoms with E-state index in [1.165, 1.54) is 0 Å². The average Bonchev–Trinajstić information content (AvgIpc) is 2.83. The van der Waals surface area contributed by atoms with Crippen molar-refractivity contribution in [3.63, 3.8) is 0 Å². The Bertz CT molecular complexity index is 168. The summed E-state index contributed by atoms with van der Waals surface area (Å²) in [6.45, 7) is 1.75. The van der Waals surface area contributed by atoms with E-state index < -0.39 is 12.8 Å². The lowest BCUT2D eigenvalue weighted by Crippen LogP contribution is -2.36. The lowest BCUT2D eigenvalue weighted by atomic mass is 10.2. The van der Waals surface area contributed by atoms with Gasteiger partial charge >= 0.3 is 6.18 Å². The lowest BCUT2D eigenvalue weighted by molar-refractivity contribution is -0.175. The molecule has 1 fully saturated rings. The minimum atomic E-state index is -4.21. The van der Waals surface area contributed by atoms with Crippen molar-refractivity contribution in [3.05, 3.63) is 0 Å². The smallest absolute Gasteiger partial charge is 0.370 e. The third kappa shape index (κ3) is 4.81. The molecule has 1 N–H and O–H groups in total. The Hall–Kier alpha value is -0.290. The molecule has 0 radical (unpaired) electrons. The zero-order valence-electron chi connectivity index (χ0n) is 8.23. The Labute approximate surface area is 81.8 Å². The van der Waals surface area contributed by atoms with E-state index in [2.05, 4.69) is 10.1 Å². The molecule has 0 amide bonds. The van der Waals surface area contributed by atoms with E-state index in [1.807, 2.05) is 6.92 Å². The molecule has 5 heteroatoms. The van der Waals surface area contributed by atoms with Crippen molar-refractivity contribution >= 4 is 0 Å². The zero-order valence-corrected chi connectivity index (χ0v) is 8.23. The molecular weight excluding hydrogens is 195 g/mol. The summed E-state index contributed by atoms with van der Waals surface area (Å²) < 4.78 is 39.9. The van der Waals surface area contributed by atoms with Crippen molar-refractivity contribution in [2.24, 2.45) is 5.92 Å². The summed E-state index contributed by atoms with van der Waals surface area (Å²) in [5.74, 6) is 0.517. The number of rotatable bonds is 6. The van der Waals surface area contributed by atoms with Crippen molar-refractivity contribution in [3.8, 4) is 0 Å². The Kier molecular flexibility index (Phi) is 4.19. The van der Waals surface area contributed by atoms with Gasteiger partial charge in [-0.1, -0.05) is 6.92 Å². The molecule has 0 aromatic carbocycles. The van der Waals surface area contributed by atoms with Crippen LogP contribution in [0.25, 0.3) is 0 Å². The van der Waals surface area contributed by atoms with Gasteiger partial charge in [-0.3, -0.25) is 0 Å². The van der Waals surface area contributed by atoms with E-state index in [9.17, 15) is 13.2 Å². The van der Waals surface area contributed by atoms with Crippen molar-refractivity contribution in [2.75, 3.05) is 19.8 Å². The normalized spacial score (nSPS) is 19.7. The van der Waals surface area contributed by atoms with Crippen LogP contribution in [0.4, 0.5) is 13.2 Å². The summed E-state index contributed by atoms with van der Waals surface area (Å²) in [5.41, 5.74) is 0. The fraction of sp³-hybridized carbons (Fsp3) is 1.00. The van der Waals surface area contributed by atoms with Gasteiger partial charge in [0.15, 0.2) is 0 Å². The summed E-state index contributed by atoms with van der Waals surface area (Å²) in [4.78, 5) is 0. The number of halogens is 3. The fourth-order valence-electron chi connectivity index (χ4n) is 1.42. The van der Waals surface area contributed by atoms with E-state index in [1.54, 1.807) is 0 Å². The Morgan fingerprint density at radius 3 is 2.50 bits per heavy atom. The third-order valence-corrected chi connectivity index (χ3v) is 2.22. The van der Waals surface area contributed by atoms with Gasteiger partial charge in [0.25, 0.3) is 0 Å². The molecule has 0 bridgehead atoms. The van der Waals surface area contributed by atoms with Crippen LogP contribution in [0.5, 0.6) is 0 Å². The van der Waals surface area contributed by atoms with Crippen molar-refractivity contribution < 1.29 is 17.9 Å². The van der Waals surface area contributed by atoms with Gasteiger partial charge in [-0.05, 0) is 25.3 Å². The second-order valence-corrected chi connectivity index (χ2v) is 3.63. The Balaban J connectivity index is 2.13. The van der Waals surface area contributed by atoms with Crippen molar-refractivity contribution in [1.82, 2.24) is 5.32 Å². The molecule has 1 aliphatic rings. The van der Waals surface area contributed by atoms with Crippen molar-refractivity contribution in [1.29, 1.82) is 0 Å². The number of hydrogen-bond donors (Lipinski definition) is 1. The van der Waals surface area contributed by atoms with Gasteiger partial charge < -0.3 is 10.1 Å². The highest BCUT2D eigenvalue weighted by molar-refractivity contribution is 4.85. The quantitative estimate of drug-likeness (QED) is 0.725. The number of nitrogens with one attached hydrogen (secondary N) is 1. The highest BCUT2D eigenvalue weighted by atomic mass is 19.4. The summed E-state index contributed by atoms with van der Waals surface area (Å²) in [7, 11) is 0. The van der Waals surface area contributed by atoms with E-state index in [-0.39, 0.29) is 12.6 Å². The largest absolute Gasteiger partial charge is 0.411 e. The highest BCUT2D eigenvalue weighted by Crippen LogP contribution is 2.32. The average molecular weight is 211 g/mol. The molecule has 14 heavy (non-hydrogen) atoms. The molecule has 0 aromatic rings. The summed E-state index contributed by atoms with van der Waals surface area (Å²) in [5, 5.41) is 3.14. The second-order valence-electron chi connectivity index (χ2n) is 3.63. The van der Waals surface area contributed by atoms with Crippen LogP contribution in [-0.2, 0) is 4.74 Å². The first-order chi connectivity index (χ1) is 6.53. The number of ether oxygens (including phenoxy) is 1. The van der Waals surface area contributed by atoms with Gasteiger partial charge in [-0.15, -0.1) is 0 Å². The first kappa shape index (κ1) is 11.8. The summed E-state index contributed by atoms with van der Waals surface area (Å²) in [6.07, 6.45) is -2.00. The summed E-state index contributed by atoms with van der Waals surface area (Å²) >= 11 is 0. The molecule has 0 spiro atoms. The predicted molar refractivity (Wildman–Crippen MR) is 47.1 cm³/mol. The molecule has 1 unspecified atom stereocenters. The zero-order chi connectivity index (χ0) is 10.6. The number of likely N-dealkylation sites (N-methyl/N-ethyl adjacent to an activating group) is 1. The second kappa shape index (κ2) is 4.98. The van der Waals surface area contributed by atoms with Crippen LogP contribution in [0, 0.1) is 5.92 Å². The van der Waals surface area contributed by atoms with Gasteiger partial charge in [0, 0.05) is 6.04 Å². The summed E-state index contributed by atoms with van der Waals surface area (Å²) in [6, 6.07) is 0.0994. The molecule has 1 saturated carbocycles. The molecular formula is C9H16F3NO. The molecule has 0 aromatic heterocycles. The minimum absolute atomic E-state index is 0.0994. The standard InChI is InChI=1S/C9H16F3NO/c1-2-13-8(7-3-4-7)5-14-6-9(10,11)12/h7-8,13H,2-6H2,1H3. The highest BCUT2D eigenvalue weighted by Gasteiger charge is 2.32. The predicted octanol–water partition coefficient (Wildman–Crippen LogP) is 1.95. The number of hydrogen-bond acceptors (Lipinski definition) is 2. The molecule has 0 aliphatic heterocycles. The monoisotopic (exact) mass is 211 g/mol. The molecule has 2 nitrogen and oxygen atoms in total. The van der Waals surface area contributed by atoms with Crippen LogP contribution in [0.1, 0.15) is 19.8 Å². The first-order valence-corrected chi connectivity index (χ1v) is 4.91. The molecule has 1 atom stereocenters. The maximum Gasteiger partial charge on any atom is 0.411 e. The Morgan fingerprint density at radius 1 is 1.43 bits per heavy atom. The van der Waals surface area contributed by atoms with Crippen LogP contribution in [0.15, 0.2) is 0 Å². The van der Waals surface area contributed by atoms with Crippen LogP contribution in [0.2, 0.25) is 0 Å². The topological polar surface area (TPSA) is 21.3 Å². The van der Waals surface area contributed by atoms with E-state index in [0.717, 1.165) is 19.4 Å². The first-order valence-electron chi connectivity index (χ1n) is 4.91. The van der Waals surface area contributed by atoms with E-state index in [4.69, 9.17) is 0 Å². The third-order valence-electron chi connectivity index (χ3n) is 2.22. The Morgan fingerprint density at radius 2 is 2.07 bits per heavy atom. The van der Waals surface area contributed by atoms with Gasteiger partial charge in [-0.2, -0.15) is 13.2 Å². The van der Waals surface area contributed by atoms with Gasteiger partial charge in [-0.25, -0.2) is 0 Å². The van der Waals surface area contributed by atoms with Gasteiger partial charge in [0.2, 0.25) is 0 Å². The SMILES string of the molecule is CCNC(COCC(F)(F)F)C1CC1. The molecule has 84 valence electrons. The van der Waals surface area contributed by atoms with Crippen LogP contribution in [0.3, 0.4) is 0 Å². The fourth-order valence-corrected chi connectivity index (χ4v) is 1.42. The maximum atomic E-state index is 11.8. The van der Waals surface area contributed by atoms with Gasteiger partial charge in [0.05, 0.1) is 6.61 Å². The van der Waals surface area contributed by atoms with Crippen LogP contribution >= 0.6 is 0 Å². The molecule has 0 saturated heterocycles.